The van der Waals surface area contributed by atoms with Gasteiger partial charge >= 0.3 is 5.97 Å². The van der Waals surface area contributed by atoms with Gasteiger partial charge in [-0.3, -0.25) is 9.59 Å². The van der Waals surface area contributed by atoms with Gasteiger partial charge in [0.2, 0.25) is 11.8 Å². The van der Waals surface area contributed by atoms with Crippen LogP contribution in [0.25, 0.3) is 0 Å². The molecular formula is C11H16N2O5. The van der Waals surface area contributed by atoms with Gasteiger partial charge in [0.1, 0.15) is 0 Å². The quantitative estimate of drug-likeness (QED) is 0.669. The van der Waals surface area contributed by atoms with Gasteiger partial charge in [-0.2, -0.15) is 0 Å². The predicted octanol–water partition coefficient (Wildman–Crippen LogP) is -1.22. The van der Waals surface area contributed by atoms with E-state index in [1.807, 2.05) is 0 Å². The minimum Gasteiger partial charge on any atom is -0.479 e. The molecule has 100 valence electrons. The molecule has 2 rings (SSSR count). The molecule has 0 aromatic carbocycles. The predicted molar refractivity (Wildman–Crippen MR) is 59.7 cm³/mol. The molecule has 7 nitrogen and oxygen atoms in total. The highest BCUT2D eigenvalue weighted by molar-refractivity contribution is 5.89. The molecule has 2 fully saturated rings. The van der Waals surface area contributed by atoms with Crippen LogP contribution in [0.3, 0.4) is 0 Å². The summed E-state index contributed by atoms with van der Waals surface area (Å²) in [5, 5.41) is 8.86. The molecular weight excluding hydrogens is 240 g/mol. The maximum atomic E-state index is 12.2. The summed E-state index contributed by atoms with van der Waals surface area (Å²) in [5.41, 5.74) is 0. The van der Waals surface area contributed by atoms with Crippen molar-refractivity contribution < 1.29 is 24.2 Å². The van der Waals surface area contributed by atoms with Crippen molar-refractivity contribution in [2.24, 2.45) is 5.92 Å². The van der Waals surface area contributed by atoms with Crippen LogP contribution in [-0.4, -0.2) is 72.1 Å². The number of carbonyl (C=O) groups excluding carboxylic acids is 2. The number of aliphatic carboxylic acids is 1. The summed E-state index contributed by atoms with van der Waals surface area (Å²) < 4.78 is 5.05. The molecule has 0 aliphatic carbocycles. The lowest BCUT2D eigenvalue weighted by Crippen LogP contribution is -2.50. The summed E-state index contributed by atoms with van der Waals surface area (Å²) >= 11 is 0. The molecule has 2 atom stereocenters. The number of hydrogen-bond donors (Lipinski definition) is 1. The minimum absolute atomic E-state index is 0.0450. The molecule has 2 aliphatic heterocycles. The Morgan fingerprint density at radius 3 is 2.67 bits per heavy atom. The van der Waals surface area contributed by atoms with E-state index in [-0.39, 0.29) is 37.3 Å². The lowest BCUT2D eigenvalue weighted by molar-refractivity contribution is -0.160. The van der Waals surface area contributed by atoms with Gasteiger partial charge in [0, 0.05) is 26.6 Å². The number of amides is 2. The fourth-order valence-electron chi connectivity index (χ4n) is 2.29. The zero-order valence-corrected chi connectivity index (χ0v) is 10.2. The van der Waals surface area contributed by atoms with E-state index in [9.17, 15) is 14.4 Å². The SMILES string of the molecule is CN1CC(C(=O)N2CCOC(C(=O)O)C2)CC1=O. The van der Waals surface area contributed by atoms with Crippen LogP contribution in [0.4, 0.5) is 0 Å². The van der Waals surface area contributed by atoms with Crippen LogP contribution in [0.2, 0.25) is 0 Å². The van der Waals surface area contributed by atoms with Gasteiger partial charge in [0.25, 0.3) is 0 Å². The summed E-state index contributed by atoms with van der Waals surface area (Å²) in [4.78, 5) is 37.4. The van der Waals surface area contributed by atoms with Crippen LogP contribution in [0.15, 0.2) is 0 Å². The number of morpholine rings is 1. The molecule has 0 saturated carbocycles. The third kappa shape index (κ3) is 2.45. The van der Waals surface area contributed by atoms with Gasteiger partial charge < -0.3 is 19.6 Å². The second kappa shape index (κ2) is 4.93. The molecule has 2 unspecified atom stereocenters. The summed E-state index contributed by atoms with van der Waals surface area (Å²) in [6, 6.07) is 0. The first-order valence-electron chi connectivity index (χ1n) is 5.86. The zero-order valence-electron chi connectivity index (χ0n) is 10.2. The Morgan fingerprint density at radius 2 is 2.11 bits per heavy atom. The monoisotopic (exact) mass is 256 g/mol. The largest absolute Gasteiger partial charge is 0.479 e. The van der Waals surface area contributed by atoms with Crippen LogP contribution in [0.5, 0.6) is 0 Å². The topological polar surface area (TPSA) is 87.2 Å². The fraction of sp³-hybridized carbons (Fsp3) is 0.727. The Balaban J connectivity index is 1.97. The fourth-order valence-corrected chi connectivity index (χ4v) is 2.29. The molecule has 2 aliphatic rings. The molecule has 0 radical (unpaired) electrons. The summed E-state index contributed by atoms with van der Waals surface area (Å²) in [6.07, 6.45) is -0.748. The van der Waals surface area contributed by atoms with Gasteiger partial charge in [0.05, 0.1) is 19.1 Å². The van der Waals surface area contributed by atoms with Crippen molar-refractivity contribution in [3.05, 3.63) is 0 Å². The lowest BCUT2D eigenvalue weighted by Gasteiger charge is -2.32. The van der Waals surface area contributed by atoms with Crippen molar-refractivity contribution in [1.29, 1.82) is 0 Å². The molecule has 7 heteroatoms. The second-order valence-electron chi connectivity index (χ2n) is 4.66. The average molecular weight is 256 g/mol. The number of likely N-dealkylation sites (tertiary alicyclic amines) is 1. The van der Waals surface area contributed by atoms with Crippen molar-refractivity contribution >= 4 is 17.8 Å². The van der Waals surface area contributed by atoms with E-state index in [1.54, 1.807) is 7.05 Å². The Bertz CT molecular complexity index is 384. The smallest absolute Gasteiger partial charge is 0.334 e. The first-order chi connectivity index (χ1) is 8.49. The molecule has 1 N–H and O–H groups in total. The van der Waals surface area contributed by atoms with Crippen LogP contribution in [0, 0.1) is 5.92 Å². The molecule has 2 amide bonds. The maximum Gasteiger partial charge on any atom is 0.334 e. The van der Waals surface area contributed by atoms with Crippen molar-refractivity contribution in [3.63, 3.8) is 0 Å². The number of nitrogens with zero attached hydrogens (tertiary/aromatic N) is 2. The molecule has 18 heavy (non-hydrogen) atoms. The van der Waals surface area contributed by atoms with Crippen molar-refractivity contribution in [2.45, 2.75) is 12.5 Å². The van der Waals surface area contributed by atoms with Crippen LogP contribution in [-0.2, 0) is 19.1 Å². The standard InChI is InChI=1S/C11H16N2O5/c1-12-5-7(4-9(12)14)10(15)13-2-3-18-8(6-13)11(16)17/h7-8H,2-6H2,1H3,(H,16,17). The number of carbonyl (C=O) groups is 3. The summed E-state index contributed by atoms with van der Waals surface area (Å²) in [6.45, 7) is 1.07. The number of rotatable bonds is 2. The van der Waals surface area contributed by atoms with Gasteiger partial charge in [-0.1, -0.05) is 0 Å². The number of hydrogen-bond acceptors (Lipinski definition) is 4. The highest BCUT2D eigenvalue weighted by Gasteiger charge is 2.37. The second-order valence-corrected chi connectivity index (χ2v) is 4.66. The van der Waals surface area contributed by atoms with Gasteiger partial charge in [-0.15, -0.1) is 0 Å². The number of carboxylic acid groups (broad SMARTS) is 1. The lowest BCUT2D eigenvalue weighted by atomic mass is 10.1. The van der Waals surface area contributed by atoms with Gasteiger partial charge in [0.15, 0.2) is 6.10 Å². The maximum absolute atomic E-state index is 12.2. The van der Waals surface area contributed by atoms with Crippen molar-refractivity contribution in [3.8, 4) is 0 Å². The molecule has 2 saturated heterocycles. The van der Waals surface area contributed by atoms with Crippen LogP contribution >= 0.6 is 0 Å². The van der Waals surface area contributed by atoms with Gasteiger partial charge in [-0.05, 0) is 0 Å². The average Bonchev–Trinajstić information content (AvgIpc) is 2.69. The Hall–Kier alpha value is -1.63. The van der Waals surface area contributed by atoms with E-state index in [0.29, 0.717) is 13.1 Å². The normalized spacial score (nSPS) is 28.6. The summed E-state index contributed by atoms with van der Waals surface area (Å²) in [7, 11) is 1.66. The Labute approximate surface area is 104 Å². The van der Waals surface area contributed by atoms with Crippen LogP contribution in [0.1, 0.15) is 6.42 Å². The Morgan fingerprint density at radius 1 is 1.39 bits per heavy atom. The highest BCUT2D eigenvalue weighted by atomic mass is 16.5. The molecule has 0 aromatic heterocycles. The zero-order chi connectivity index (χ0) is 13.3. The van der Waals surface area contributed by atoms with Crippen molar-refractivity contribution in [2.75, 3.05) is 33.3 Å². The molecule has 0 bridgehead atoms. The molecule has 0 aromatic rings. The third-order valence-corrected chi connectivity index (χ3v) is 3.34. The van der Waals surface area contributed by atoms with E-state index in [4.69, 9.17) is 9.84 Å². The molecule has 0 spiro atoms. The van der Waals surface area contributed by atoms with E-state index >= 15 is 0 Å². The Kier molecular flexibility index (Phi) is 3.51. The first kappa shape index (κ1) is 12.8. The highest BCUT2D eigenvalue weighted by Crippen LogP contribution is 2.20. The molecule has 2 heterocycles. The minimum atomic E-state index is -1.06. The first-order valence-corrected chi connectivity index (χ1v) is 5.86. The van der Waals surface area contributed by atoms with Crippen molar-refractivity contribution in [1.82, 2.24) is 9.80 Å². The van der Waals surface area contributed by atoms with Crippen LogP contribution < -0.4 is 0 Å². The summed E-state index contributed by atoms with van der Waals surface area (Å²) in [5.74, 6) is -1.61. The number of carboxylic acids is 1. The van der Waals surface area contributed by atoms with E-state index < -0.39 is 12.1 Å². The number of ether oxygens (including phenoxy) is 1. The van der Waals surface area contributed by atoms with E-state index in [0.717, 1.165) is 0 Å². The third-order valence-electron chi connectivity index (χ3n) is 3.34. The van der Waals surface area contributed by atoms with E-state index in [1.165, 1.54) is 9.80 Å². The van der Waals surface area contributed by atoms with Gasteiger partial charge in [-0.25, -0.2) is 4.79 Å². The van der Waals surface area contributed by atoms with E-state index in [2.05, 4.69) is 0 Å².